The van der Waals surface area contributed by atoms with Crippen molar-refractivity contribution in [2.75, 3.05) is 80.7 Å². The van der Waals surface area contributed by atoms with Gasteiger partial charge in [0, 0.05) is 54.4 Å². The Balaban J connectivity index is 1.66. The fourth-order valence-electron chi connectivity index (χ4n) is 5.73. The van der Waals surface area contributed by atoms with Crippen molar-refractivity contribution in [3.63, 3.8) is 0 Å². The molecule has 0 bridgehead atoms. The number of pyridine rings is 2. The van der Waals surface area contributed by atoms with Crippen LogP contribution in [0.2, 0.25) is 0 Å². The van der Waals surface area contributed by atoms with E-state index in [2.05, 4.69) is 4.90 Å². The van der Waals surface area contributed by atoms with Crippen molar-refractivity contribution < 1.29 is 9.84 Å². The van der Waals surface area contributed by atoms with Gasteiger partial charge in [-0.1, -0.05) is 0 Å². The molecule has 0 atom stereocenters. The highest BCUT2D eigenvalue weighted by atomic mass is 16.5. The summed E-state index contributed by atoms with van der Waals surface area (Å²) in [5.74, 6) is -0.181. The molecule has 1 saturated heterocycles. The summed E-state index contributed by atoms with van der Waals surface area (Å²) in [5.41, 5.74) is -0.506. The molecule has 3 aliphatic rings. The topological polar surface area (TPSA) is 113 Å². The number of hydrogen-bond donors (Lipinski definition) is 1. The zero-order valence-corrected chi connectivity index (χ0v) is 24.5. The summed E-state index contributed by atoms with van der Waals surface area (Å²) in [4.78, 5) is 52.1. The van der Waals surface area contributed by atoms with E-state index in [1.54, 1.807) is 18.2 Å². The second-order valence-electron chi connectivity index (χ2n) is 11.4. The molecule has 41 heavy (non-hydrogen) atoms. The molecule has 11 heteroatoms. The van der Waals surface area contributed by atoms with Gasteiger partial charge in [-0.25, -0.2) is 0 Å². The van der Waals surface area contributed by atoms with E-state index in [0.717, 1.165) is 19.6 Å². The summed E-state index contributed by atoms with van der Waals surface area (Å²) in [6.07, 6.45) is 2.46. The van der Waals surface area contributed by atoms with Crippen LogP contribution in [0.15, 0.2) is 37.6 Å². The van der Waals surface area contributed by atoms with Gasteiger partial charge >= 0.3 is 0 Å². The average molecular weight is 565 g/mol. The Kier molecular flexibility index (Phi) is 8.69. The molecular weight excluding hydrogens is 524 g/mol. The number of hydrogen-bond acceptors (Lipinski definition) is 9. The number of aromatic hydroxyl groups is 1. The SMILES string of the molecule is CN(C)CCn1c(O)c2ccc3c4c2c(c(=NCCOCCN2CCCC2)cc-4c(=O)n(CCN(C)C)c3=O)c1=O. The van der Waals surface area contributed by atoms with Crippen molar-refractivity contribution in [3.05, 3.63) is 54.6 Å². The smallest absolute Gasteiger partial charge is 0.263 e. The van der Waals surface area contributed by atoms with Crippen LogP contribution in [0.25, 0.3) is 32.7 Å². The third-order valence-corrected chi connectivity index (χ3v) is 7.98. The van der Waals surface area contributed by atoms with Crippen LogP contribution >= 0.6 is 0 Å². The Morgan fingerprint density at radius 3 is 2.17 bits per heavy atom. The second kappa shape index (κ2) is 12.2. The molecular formula is C30H40N6O5. The van der Waals surface area contributed by atoms with Crippen molar-refractivity contribution in [1.82, 2.24) is 23.8 Å². The van der Waals surface area contributed by atoms with E-state index >= 15 is 0 Å². The molecule has 0 radical (unpaired) electrons. The Labute approximate surface area is 238 Å². The van der Waals surface area contributed by atoms with Crippen LogP contribution in [-0.4, -0.2) is 110 Å². The summed E-state index contributed by atoms with van der Waals surface area (Å²) < 4.78 is 8.43. The molecule has 0 amide bonds. The zero-order valence-electron chi connectivity index (χ0n) is 24.5. The molecule has 1 N–H and O–H groups in total. The minimum absolute atomic E-state index is 0.181. The predicted molar refractivity (Wildman–Crippen MR) is 161 cm³/mol. The lowest BCUT2D eigenvalue weighted by atomic mass is 9.90. The van der Waals surface area contributed by atoms with Gasteiger partial charge in [0.1, 0.15) is 0 Å². The molecule has 0 saturated carbocycles. The standard InChI is InChI=1S/C30H40N6O5/c1-32(2)12-14-35-27(37)20-7-8-21-25-24(20)22(29(35)39)19-23(31-9-17-41-18-16-34-10-5-6-11-34)26(25)30(40)36(28(21)38)15-13-33(3)4/h7-8,19,38H,5-6,9-18H2,1-4H3. The van der Waals surface area contributed by atoms with Gasteiger partial charge in [0.2, 0.25) is 5.88 Å². The normalized spacial score (nSPS) is 15.2. The average Bonchev–Trinajstić information content (AvgIpc) is 3.45. The molecule has 0 spiro atoms. The maximum absolute atomic E-state index is 13.9. The van der Waals surface area contributed by atoms with Crippen molar-refractivity contribution in [2.24, 2.45) is 4.99 Å². The van der Waals surface area contributed by atoms with E-state index in [1.807, 2.05) is 38.0 Å². The predicted octanol–water partition coefficient (Wildman–Crippen LogP) is 0.499. The zero-order chi connectivity index (χ0) is 29.3. The first kappa shape index (κ1) is 29.1. The third-order valence-electron chi connectivity index (χ3n) is 7.98. The Morgan fingerprint density at radius 1 is 0.829 bits per heavy atom. The Morgan fingerprint density at radius 2 is 1.49 bits per heavy atom. The van der Waals surface area contributed by atoms with E-state index in [9.17, 15) is 19.5 Å². The van der Waals surface area contributed by atoms with Gasteiger partial charge in [-0.2, -0.15) is 0 Å². The van der Waals surface area contributed by atoms with E-state index in [4.69, 9.17) is 9.73 Å². The van der Waals surface area contributed by atoms with Gasteiger partial charge in [0.05, 0.1) is 36.1 Å². The molecule has 3 heterocycles. The van der Waals surface area contributed by atoms with Crippen molar-refractivity contribution in [1.29, 1.82) is 0 Å². The van der Waals surface area contributed by atoms with Crippen LogP contribution < -0.4 is 22.0 Å². The minimum atomic E-state index is -0.423. The van der Waals surface area contributed by atoms with E-state index in [0.29, 0.717) is 70.9 Å². The highest BCUT2D eigenvalue weighted by Crippen LogP contribution is 2.36. The van der Waals surface area contributed by atoms with E-state index < -0.39 is 16.7 Å². The number of ether oxygens (including phenoxy) is 1. The molecule has 1 aromatic carbocycles. The summed E-state index contributed by atoms with van der Waals surface area (Å²) in [6, 6.07) is 4.94. The molecule has 1 fully saturated rings. The van der Waals surface area contributed by atoms with Crippen LogP contribution in [-0.2, 0) is 17.8 Å². The first-order chi connectivity index (χ1) is 19.7. The van der Waals surface area contributed by atoms with Gasteiger partial charge in [-0.05, 0) is 72.3 Å². The highest BCUT2D eigenvalue weighted by Gasteiger charge is 2.26. The summed E-state index contributed by atoms with van der Waals surface area (Å²) >= 11 is 0. The van der Waals surface area contributed by atoms with Gasteiger partial charge in [-0.15, -0.1) is 0 Å². The van der Waals surface area contributed by atoms with Crippen molar-refractivity contribution in [3.8, 4) is 17.0 Å². The number of likely N-dealkylation sites (N-methyl/N-ethyl adjacent to an activating group) is 2. The molecule has 0 unspecified atom stereocenters. The third kappa shape index (κ3) is 5.72. The van der Waals surface area contributed by atoms with Gasteiger partial charge < -0.3 is 24.5 Å². The highest BCUT2D eigenvalue weighted by molar-refractivity contribution is 6.15. The van der Waals surface area contributed by atoms with Gasteiger partial charge in [0.25, 0.3) is 16.7 Å². The molecule has 220 valence electrons. The summed E-state index contributed by atoms with van der Waals surface area (Å²) in [7, 11) is 7.56. The first-order valence-electron chi connectivity index (χ1n) is 14.3. The number of aromatic nitrogens is 2. The van der Waals surface area contributed by atoms with Crippen LogP contribution in [0.1, 0.15) is 12.8 Å². The fraction of sp³-hybridized carbons (Fsp3) is 0.533. The lowest BCUT2D eigenvalue weighted by molar-refractivity contribution is 0.117. The quantitative estimate of drug-likeness (QED) is 0.196. The van der Waals surface area contributed by atoms with Crippen LogP contribution in [0.3, 0.4) is 0 Å². The van der Waals surface area contributed by atoms with Crippen molar-refractivity contribution >= 4 is 21.5 Å². The summed E-state index contributed by atoms with van der Waals surface area (Å²) in [5, 5.41) is 13.1. The summed E-state index contributed by atoms with van der Waals surface area (Å²) in [6.45, 7) is 5.98. The number of likely N-dealkylation sites (tertiary alicyclic amines) is 1. The Bertz CT molecular complexity index is 1720. The number of nitrogens with zero attached hydrogens (tertiary/aromatic N) is 6. The molecule has 5 rings (SSSR count). The van der Waals surface area contributed by atoms with E-state index in [1.165, 1.54) is 22.0 Å². The van der Waals surface area contributed by atoms with Crippen molar-refractivity contribution in [2.45, 2.75) is 25.9 Å². The van der Waals surface area contributed by atoms with Crippen LogP contribution in [0.5, 0.6) is 5.88 Å². The second-order valence-corrected chi connectivity index (χ2v) is 11.4. The van der Waals surface area contributed by atoms with Crippen LogP contribution in [0, 0.1) is 0 Å². The van der Waals surface area contributed by atoms with Gasteiger partial charge in [0.15, 0.2) is 0 Å². The Hall–Kier alpha value is -3.38. The lowest BCUT2D eigenvalue weighted by Crippen LogP contribution is -2.39. The minimum Gasteiger partial charge on any atom is -0.494 e. The largest absolute Gasteiger partial charge is 0.494 e. The maximum Gasteiger partial charge on any atom is 0.263 e. The fourth-order valence-corrected chi connectivity index (χ4v) is 5.73. The molecule has 11 nitrogen and oxygen atoms in total. The lowest BCUT2D eigenvalue weighted by Gasteiger charge is -2.20. The van der Waals surface area contributed by atoms with Crippen LogP contribution in [0.4, 0.5) is 0 Å². The van der Waals surface area contributed by atoms with E-state index in [-0.39, 0.29) is 19.0 Å². The molecule has 2 aromatic rings. The monoisotopic (exact) mass is 564 g/mol. The molecule has 1 aromatic heterocycles. The molecule has 1 aliphatic carbocycles. The molecule has 2 aliphatic heterocycles. The number of rotatable bonds is 12. The number of benzene rings is 2. The maximum atomic E-state index is 13.9. The first-order valence-corrected chi connectivity index (χ1v) is 14.3. The van der Waals surface area contributed by atoms with Gasteiger partial charge in [-0.3, -0.25) is 28.5 Å².